The maximum atomic E-state index is 13.1. The highest BCUT2D eigenvalue weighted by Crippen LogP contribution is 2.42. The SMILES string of the molecule is NC(Cc1cccc(SN2CC(Oc3ccc(OC(F)P)cc3)(c3ccccc3)C2)c1)C(=O)O. The summed E-state index contributed by atoms with van der Waals surface area (Å²) in [5.74, 6) is 0.0878. The van der Waals surface area contributed by atoms with Crippen LogP contribution in [0.5, 0.6) is 11.5 Å². The standard InChI is InChI=1S/C25H26FN2O4PS/c26-24(33)31-19-9-11-20(12-10-19)32-25(18-6-2-1-3-7-18)15-28(16-25)34-21-8-4-5-17(13-21)14-22(27)23(29)30/h1-13,22,24H,14-16,27,33H2,(H,29,30). The van der Waals surface area contributed by atoms with Crippen LogP contribution in [-0.4, -0.2) is 40.6 Å². The number of benzene rings is 3. The normalized spacial score (nSPS) is 16.8. The van der Waals surface area contributed by atoms with Crippen molar-refractivity contribution in [3.63, 3.8) is 0 Å². The predicted octanol–water partition coefficient (Wildman–Crippen LogP) is 4.45. The van der Waals surface area contributed by atoms with Gasteiger partial charge in [-0.3, -0.25) is 4.79 Å². The van der Waals surface area contributed by atoms with Crippen LogP contribution in [0.3, 0.4) is 0 Å². The number of carboxylic acid groups (broad SMARTS) is 1. The fourth-order valence-corrected chi connectivity index (χ4v) is 5.14. The van der Waals surface area contributed by atoms with E-state index in [2.05, 4.69) is 16.4 Å². The summed E-state index contributed by atoms with van der Waals surface area (Å²) in [6, 6.07) is 23.8. The fourth-order valence-electron chi connectivity index (χ4n) is 3.80. The van der Waals surface area contributed by atoms with Crippen molar-refractivity contribution >= 4 is 27.2 Å². The third-order valence-electron chi connectivity index (χ3n) is 5.45. The molecule has 178 valence electrons. The van der Waals surface area contributed by atoms with Gasteiger partial charge in [0.05, 0.1) is 13.1 Å². The summed E-state index contributed by atoms with van der Waals surface area (Å²) in [4.78, 5) is 12.1. The van der Waals surface area contributed by atoms with E-state index in [1.54, 1.807) is 36.2 Å². The molecule has 34 heavy (non-hydrogen) atoms. The monoisotopic (exact) mass is 500 g/mol. The topological polar surface area (TPSA) is 85.0 Å². The third kappa shape index (κ3) is 6.07. The molecule has 0 bridgehead atoms. The molecule has 1 fully saturated rings. The lowest BCUT2D eigenvalue weighted by molar-refractivity contribution is -0.138. The Bertz CT molecular complexity index is 1110. The number of hydrogen-bond donors (Lipinski definition) is 2. The predicted molar refractivity (Wildman–Crippen MR) is 134 cm³/mol. The summed E-state index contributed by atoms with van der Waals surface area (Å²) in [6.07, 6.45) is -1.18. The van der Waals surface area contributed by atoms with Crippen molar-refractivity contribution in [2.24, 2.45) is 5.73 Å². The summed E-state index contributed by atoms with van der Waals surface area (Å²) in [6.45, 7) is 1.30. The van der Waals surface area contributed by atoms with Gasteiger partial charge in [-0.2, -0.15) is 4.39 Å². The third-order valence-corrected chi connectivity index (χ3v) is 6.57. The molecule has 6 nitrogen and oxygen atoms in total. The van der Waals surface area contributed by atoms with E-state index in [9.17, 15) is 9.18 Å². The molecule has 0 aliphatic carbocycles. The van der Waals surface area contributed by atoms with Crippen molar-refractivity contribution in [3.8, 4) is 11.5 Å². The molecule has 3 aromatic carbocycles. The van der Waals surface area contributed by atoms with Gasteiger partial charge in [-0.15, -0.1) is 0 Å². The Morgan fingerprint density at radius 2 is 1.76 bits per heavy atom. The molecule has 9 heteroatoms. The van der Waals surface area contributed by atoms with Crippen molar-refractivity contribution in [1.82, 2.24) is 4.31 Å². The molecule has 1 aliphatic heterocycles. The maximum Gasteiger partial charge on any atom is 0.320 e. The van der Waals surface area contributed by atoms with E-state index in [0.29, 0.717) is 24.6 Å². The van der Waals surface area contributed by atoms with Crippen molar-refractivity contribution in [2.45, 2.75) is 29.1 Å². The Hall–Kier alpha value is -2.64. The van der Waals surface area contributed by atoms with E-state index in [1.165, 1.54) is 0 Å². The molecule has 1 heterocycles. The second-order valence-electron chi connectivity index (χ2n) is 8.09. The lowest BCUT2D eigenvalue weighted by Gasteiger charge is -2.49. The van der Waals surface area contributed by atoms with Gasteiger partial charge < -0.3 is 20.3 Å². The number of aliphatic carboxylic acids is 1. The van der Waals surface area contributed by atoms with Crippen molar-refractivity contribution in [3.05, 3.63) is 90.0 Å². The highest BCUT2D eigenvalue weighted by atomic mass is 32.2. The Kier molecular flexibility index (Phi) is 7.73. The molecule has 0 spiro atoms. The zero-order chi connectivity index (χ0) is 24.1. The minimum Gasteiger partial charge on any atom is -0.480 e. The van der Waals surface area contributed by atoms with Crippen LogP contribution in [0.1, 0.15) is 11.1 Å². The highest BCUT2D eigenvalue weighted by molar-refractivity contribution is 7.97. The van der Waals surface area contributed by atoms with Crippen LogP contribution in [0.4, 0.5) is 4.39 Å². The van der Waals surface area contributed by atoms with Crippen molar-refractivity contribution < 1.29 is 23.8 Å². The molecular weight excluding hydrogens is 474 g/mol. The average Bonchev–Trinajstić information content (AvgIpc) is 2.79. The van der Waals surface area contributed by atoms with E-state index < -0.39 is 23.7 Å². The number of rotatable bonds is 10. The Morgan fingerprint density at radius 3 is 2.41 bits per heavy atom. The first-order valence-electron chi connectivity index (χ1n) is 10.7. The number of ether oxygens (including phenoxy) is 2. The van der Waals surface area contributed by atoms with Crippen LogP contribution in [-0.2, 0) is 16.8 Å². The van der Waals surface area contributed by atoms with Gasteiger partial charge >= 0.3 is 5.97 Å². The second-order valence-corrected chi connectivity index (χ2v) is 9.78. The van der Waals surface area contributed by atoms with Crippen molar-refractivity contribution in [2.75, 3.05) is 13.1 Å². The first-order chi connectivity index (χ1) is 16.3. The van der Waals surface area contributed by atoms with Crippen LogP contribution in [0, 0.1) is 0 Å². The molecule has 0 saturated carbocycles. The minimum absolute atomic E-state index is 0.278. The molecule has 1 saturated heterocycles. The lowest BCUT2D eigenvalue weighted by atomic mass is 9.87. The number of carboxylic acids is 1. The first-order valence-corrected chi connectivity index (χ1v) is 12.2. The molecule has 0 amide bonds. The quantitative estimate of drug-likeness (QED) is 0.314. The largest absolute Gasteiger partial charge is 0.480 e. The van der Waals surface area contributed by atoms with Gasteiger partial charge in [0.2, 0.25) is 6.10 Å². The summed E-state index contributed by atoms with van der Waals surface area (Å²) in [7, 11) is 1.95. The van der Waals surface area contributed by atoms with Gasteiger partial charge in [0, 0.05) is 4.90 Å². The zero-order valence-electron chi connectivity index (χ0n) is 18.3. The van der Waals surface area contributed by atoms with Crippen LogP contribution < -0.4 is 15.2 Å². The molecule has 0 aromatic heterocycles. The maximum absolute atomic E-state index is 13.1. The molecule has 3 atom stereocenters. The van der Waals surface area contributed by atoms with Crippen molar-refractivity contribution in [1.29, 1.82) is 0 Å². The molecule has 1 aliphatic rings. The minimum atomic E-state index is -1.46. The molecule has 3 N–H and O–H groups in total. The molecule has 0 radical (unpaired) electrons. The van der Waals surface area contributed by atoms with E-state index >= 15 is 0 Å². The van der Waals surface area contributed by atoms with Crippen LogP contribution in [0.15, 0.2) is 83.8 Å². The Morgan fingerprint density at radius 1 is 1.09 bits per heavy atom. The summed E-state index contributed by atoms with van der Waals surface area (Å²) in [5.41, 5.74) is 7.11. The number of halogens is 1. The lowest BCUT2D eigenvalue weighted by Crippen LogP contribution is -2.59. The van der Waals surface area contributed by atoms with Crippen LogP contribution in [0.2, 0.25) is 0 Å². The first kappa shape index (κ1) is 24.5. The second kappa shape index (κ2) is 10.7. The van der Waals surface area contributed by atoms with E-state index in [-0.39, 0.29) is 6.42 Å². The highest BCUT2D eigenvalue weighted by Gasteiger charge is 2.47. The summed E-state index contributed by atoms with van der Waals surface area (Å²) in [5, 5.41) is 9.07. The fraction of sp³-hybridized carbons (Fsp3) is 0.240. The van der Waals surface area contributed by atoms with Gasteiger partial charge in [-0.1, -0.05) is 51.7 Å². The Balaban J connectivity index is 1.45. The number of hydrogen-bond acceptors (Lipinski definition) is 6. The average molecular weight is 501 g/mol. The van der Waals surface area contributed by atoms with Crippen LogP contribution >= 0.6 is 21.2 Å². The van der Waals surface area contributed by atoms with E-state index in [4.69, 9.17) is 20.3 Å². The van der Waals surface area contributed by atoms with E-state index in [0.717, 1.165) is 16.0 Å². The smallest absolute Gasteiger partial charge is 0.320 e. The number of carbonyl (C=O) groups is 1. The van der Waals surface area contributed by atoms with Gasteiger partial charge in [0.25, 0.3) is 0 Å². The van der Waals surface area contributed by atoms with Gasteiger partial charge in [-0.25, -0.2) is 4.31 Å². The number of alkyl halides is 1. The zero-order valence-corrected chi connectivity index (χ0v) is 20.3. The number of nitrogens with two attached hydrogens (primary N) is 1. The molecule has 3 unspecified atom stereocenters. The summed E-state index contributed by atoms with van der Waals surface area (Å²) < 4.78 is 26.8. The van der Waals surface area contributed by atoms with Gasteiger partial charge in [0.1, 0.15) is 17.5 Å². The molecular formula is C25H26FN2O4PS. The Labute approximate surface area is 204 Å². The van der Waals surface area contributed by atoms with E-state index in [1.807, 2.05) is 51.7 Å². The molecule has 3 aromatic rings. The number of nitrogens with zero attached hydrogens (tertiary/aromatic N) is 1. The van der Waals surface area contributed by atoms with Gasteiger partial charge in [0.15, 0.2) is 5.60 Å². The summed E-state index contributed by atoms with van der Waals surface area (Å²) >= 11 is 1.60. The van der Waals surface area contributed by atoms with Crippen LogP contribution in [0.25, 0.3) is 0 Å². The van der Waals surface area contributed by atoms with Gasteiger partial charge in [-0.05, 0) is 65.9 Å². The molecule has 4 rings (SSSR count).